The lowest BCUT2D eigenvalue weighted by Crippen LogP contribution is -2.37. The normalized spacial score (nSPS) is 19.4. The zero-order chi connectivity index (χ0) is 14.9. The van der Waals surface area contributed by atoms with E-state index in [-0.39, 0.29) is 23.9 Å². The summed E-state index contributed by atoms with van der Waals surface area (Å²) in [7, 11) is 0. The Bertz CT molecular complexity index is 517. The van der Waals surface area contributed by atoms with Crippen LogP contribution in [-0.2, 0) is 6.18 Å². The quantitative estimate of drug-likeness (QED) is 0.817. The molecular formula is C13H15F3N2O2. The van der Waals surface area contributed by atoms with Gasteiger partial charge in [0.05, 0.1) is 18.2 Å². The first-order valence-corrected chi connectivity index (χ1v) is 6.22. The summed E-state index contributed by atoms with van der Waals surface area (Å²) in [5.41, 5.74) is 4.29. The van der Waals surface area contributed by atoms with Crippen molar-refractivity contribution in [3.8, 4) is 0 Å². The highest BCUT2D eigenvalue weighted by Gasteiger charge is 2.33. The van der Waals surface area contributed by atoms with E-state index in [9.17, 15) is 23.1 Å². The molecule has 0 spiro atoms. The minimum atomic E-state index is -4.55. The molecule has 3 N–H and O–H groups in total. The largest absolute Gasteiger partial charge is 0.416 e. The fourth-order valence-corrected chi connectivity index (χ4v) is 2.40. The summed E-state index contributed by atoms with van der Waals surface area (Å²) < 4.78 is 38.1. The number of hydrogen-bond acceptors (Lipinski definition) is 3. The van der Waals surface area contributed by atoms with Crippen LogP contribution in [0.4, 0.5) is 18.9 Å². The van der Waals surface area contributed by atoms with Gasteiger partial charge in [0.25, 0.3) is 5.91 Å². The molecule has 0 saturated carbocycles. The van der Waals surface area contributed by atoms with E-state index in [2.05, 4.69) is 0 Å². The van der Waals surface area contributed by atoms with Crippen molar-refractivity contribution in [1.82, 2.24) is 4.90 Å². The first-order chi connectivity index (χ1) is 9.32. The molecule has 0 aliphatic carbocycles. The van der Waals surface area contributed by atoms with Gasteiger partial charge in [-0.3, -0.25) is 4.79 Å². The van der Waals surface area contributed by atoms with Gasteiger partial charge < -0.3 is 15.7 Å². The van der Waals surface area contributed by atoms with Crippen LogP contribution in [0.1, 0.15) is 28.8 Å². The first kappa shape index (κ1) is 14.6. The summed E-state index contributed by atoms with van der Waals surface area (Å²) >= 11 is 0. The summed E-state index contributed by atoms with van der Waals surface area (Å²) in [4.78, 5) is 13.6. The summed E-state index contributed by atoms with van der Waals surface area (Å²) in [6, 6.07) is 2.48. The minimum absolute atomic E-state index is 0.0994. The van der Waals surface area contributed by atoms with Crippen molar-refractivity contribution in [3.05, 3.63) is 29.3 Å². The van der Waals surface area contributed by atoms with Gasteiger partial charge in [-0.05, 0) is 31.0 Å². The highest BCUT2D eigenvalue weighted by atomic mass is 19.4. The number of nitrogen functional groups attached to an aromatic ring is 1. The van der Waals surface area contributed by atoms with Crippen LogP contribution in [0.5, 0.6) is 0 Å². The van der Waals surface area contributed by atoms with Gasteiger partial charge in [0, 0.05) is 17.8 Å². The number of nitrogens with two attached hydrogens (primary N) is 1. The lowest BCUT2D eigenvalue weighted by atomic mass is 10.1. The fraction of sp³-hybridized carbons (Fsp3) is 0.462. The zero-order valence-electron chi connectivity index (χ0n) is 10.7. The predicted octanol–water partition coefficient (Wildman–Crippen LogP) is 1.88. The van der Waals surface area contributed by atoms with Crippen molar-refractivity contribution >= 4 is 11.6 Å². The Hall–Kier alpha value is -1.76. The second-order valence-corrected chi connectivity index (χ2v) is 4.82. The van der Waals surface area contributed by atoms with Crippen LogP contribution in [0, 0.1) is 0 Å². The van der Waals surface area contributed by atoms with Crippen LogP contribution in [-0.4, -0.2) is 35.1 Å². The summed E-state index contributed by atoms with van der Waals surface area (Å²) in [5.74, 6) is -0.528. The van der Waals surface area contributed by atoms with Crippen LogP contribution in [0.2, 0.25) is 0 Å². The second-order valence-electron chi connectivity index (χ2n) is 4.82. The monoisotopic (exact) mass is 288 g/mol. The van der Waals surface area contributed by atoms with Crippen LogP contribution in [0.25, 0.3) is 0 Å². The number of aliphatic hydroxyl groups is 1. The maximum absolute atomic E-state index is 12.7. The number of aliphatic hydroxyl groups excluding tert-OH is 1. The number of carbonyl (C=O) groups is 1. The summed E-state index contributed by atoms with van der Waals surface area (Å²) in [6.07, 6.45) is -3.17. The molecule has 0 unspecified atom stereocenters. The third-order valence-electron chi connectivity index (χ3n) is 3.38. The van der Waals surface area contributed by atoms with Crippen LogP contribution >= 0.6 is 0 Å². The van der Waals surface area contributed by atoms with E-state index in [0.717, 1.165) is 18.6 Å². The Balaban J connectivity index is 2.33. The number of benzene rings is 1. The number of likely N-dealkylation sites (tertiary alicyclic amines) is 1. The zero-order valence-corrected chi connectivity index (χ0v) is 10.7. The van der Waals surface area contributed by atoms with Gasteiger partial charge in [-0.25, -0.2) is 0 Å². The van der Waals surface area contributed by atoms with E-state index in [0.29, 0.717) is 13.0 Å². The van der Waals surface area contributed by atoms with Gasteiger partial charge in [-0.1, -0.05) is 0 Å². The van der Waals surface area contributed by atoms with Gasteiger partial charge >= 0.3 is 6.18 Å². The van der Waals surface area contributed by atoms with E-state index in [1.165, 1.54) is 11.0 Å². The molecule has 1 amide bonds. The van der Waals surface area contributed by atoms with Crippen molar-refractivity contribution < 1.29 is 23.1 Å². The van der Waals surface area contributed by atoms with Gasteiger partial charge in [-0.15, -0.1) is 0 Å². The molecule has 0 radical (unpaired) electrons. The molecule has 1 aromatic rings. The van der Waals surface area contributed by atoms with Crippen LogP contribution in [0.15, 0.2) is 18.2 Å². The minimum Gasteiger partial charge on any atom is -0.399 e. The fourth-order valence-electron chi connectivity index (χ4n) is 2.40. The van der Waals surface area contributed by atoms with E-state index in [1.54, 1.807) is 0 Å². The standard InChI is InChI=1S/C13H15F3N2O2/c14-13(15,16)9-4-8(5-10(17)6-9)12(20)18-3-1-2-11(18)7-19/h4-6,11,19H,1-3,7,17H2/t11-/m0/s1. The number of carbonyl (C=O) groups excluding carboxylic acids is 1. The molecule has 1 heterocycles. The van der Waals surface area contributed by atoms with Gasteiger partial charge in [0.2, 0.25) is 0 Å². The summed E-state index contributed by atoms with van der Waals surface area (Å²) in [5, 5.41) is 9.17. The molecule has 1 aromatic carbocycles. The van der Waals surface area contributed by atoms with Crippen LogP contribution < -0.4 is 5.73 Å². The molecule has 1 aliphatic heterocycles. The van der Waals surface area contributed by atoms with E-state index >= 15 is 0 Å². The number of anilines is 1. The van der Waals surface area contributed by atoms with Crippen molar-refractivity contribution in [2.75, 3.05) is 18.9 Å². The lowest BCUT2D eigenvalue weighted by Gasteiger charge is -2.23. The van der Waals surface area contributed by atoms with Crippen molar-refractivity contribution in [2.45, 2.75) is 25.1 Å². The number of alkyl halides is 3. The van der Waals surface area contributed by atoms with E-state index in [1.807, 2.05) is 0 Å². The molecule has 1 saturated heterocycles. The molecule has 20 heavy (non-hydrogen) atoms. The maximum Gasteiger partial charge on any atom is 0.416 e. The van der Waals surface area contributed by atoms with Crippen molar-refractivity contribution in [3.63, 3.8) is 0 Å². The van der Waals surface area contributed by atoms with Crippen molar-refractivity contribution in [1.29, 1.82) is 0 Å². The second kappa shape index (κ2) is 5.32. The number of halogens is 3. The van der Waals surface area contributed by atoms with E-state index < -0.39 is 17.6 Å². The predicted molar refractivity (Wildman–Crippen MR) is 67.0 cm³/mol. The Labute approximate surface area is 114 Å². The number of rotatable bonds is 2. The lowest BCUT2D eigenvalue weighted by molar-refractivity contribution is -0.137. The number of hydrogen-bond donors (Lipinski definition) is 2. The molecule has 4 nitrogen and oxygen atoms in total. The SMILES string of the molecule is Nc1cc(C(=O)N2CCC[C@H]2CO)cc(C(F)(F)F)c1. The maximum atomic E-state index is 12.7. The molecule has 2 rings (SSSR count). The Morgan fingerprint density at radius 1 is 1.40 bits per heavy atom. The average Bonchev–Trinajstić information content (AvgIpc) is 2.84. The Morgan fingerprint density at radius 2 is 2.10 bits per heavy atom. The molecule has 1 fully saturated rings. The molecular weight excluding hydrogens is 273 g/mol. The van der Waals surface area contributed by atoms with Crippen molar-refractivity contribution in [2.24, 2.45) is 0 Å². The van der Waals surface area contributed by atoms with E-state index in [4.69, 9.17) is 5.73 Å². The topological polar surface area (TPSA) is 66.6 Å². The van der Waals surface area contributed by atoms with Gasteiger partial charge in [0.15, 0.2) is 0 Å². The van der Waals surface area contributed by atoms with Crippen LogP contribution in [0.3, 0.4) is 0 Å². The number of nitrogens with zero attached hydrogens (tertiary/aromatic N) is 1. The number of amides is 1. The highest BCUT2D eigenvalue weighted by molar-refractivity contribution is 5.95. The third-order valence-corrected chi connectivity index (χ3v) is 3.38. The Kier molecular flexibility index (Phi) is 3.89. The Morgan fingerprint density at radius 3 is 2.70 bits per heavy atom. The smallest absolute Gasteiger partial charge is 0.399 e. The average molecular weight is 288 g/mol. The third kappa shape index (κ3) is 2.87. The molecule has 7 heteroatoms. The van der Waals surface area contributed by atoms with Gasteiger partial charge in [0.1, 0.15) is 0 Å². The molecule has 1 atom stereocenters. The highest BCUT2D eigenvalue weighted by Crippen LogP contribution is 2.32. The van der Waals surface area contributed by atoms with Gasteiger partial charge in [-0.2, -0.15) is 13.2 Å². The molecule has 0 bridgehead atoms. The molecule has 110 valence electrons. The molecule has 0 aromatic heterocycles. The first-order valence-electron chi connectivity index (χ1n) is 6.22. The molecule has 1 aliphatic rings. The summed E-state index contributed by atoms with van der Waals surface area (Å²) in [6.45, 7) is 0.237.